The van der Waals surface area contributed by atoms with E-state index in [0.29, 0.717) is 22.8 Å². The molecule has 1 unspecified atom stereocenters. The molecule has 0 spiro atoms. The molecule has 0 bridgehead atoms. The molecule has 1 aliphatic heterocycles. The van der Waals surface area contributed by atoms with Crippen LogP contribution in [0.3, 0.4) is 0 Å². The van der Waals surface area contributed by atoms with Gasteiger partial charge in [0.15, 0.2) is 11.5 Å². The topological polar surface area (TPSA) is 85.9 Å². The number of nitrogens with one attached hydrogen (secondary N) is 2. The average molecular weight is 266 g/mol. The van der Waals surface area contributed by atoms with Crippen molar-refractivity contribution in [1.82, 2.24) is 10.6 Å². The fourth-order valence-corrected chi connectivity index (χ4v) is 1.99. The summed E-state index contributed by atoms with van der Waals surface area (Å²) in [6.45, 7) is 0. The summed E-state index contributed by atoms with van der Waals surface area (Å²) in [6, 6.07) is 1.96. The maximum Gasteiger partial charge on any atom is 0.322 e. The second kappa shape index (κ2) is 5.05. The van der Waals surface area contributed by atoms with Crippen molar-refractivity contribution in [2.45, 2.75) is 6.04 Å². The smallest absolute Gasteiger partial charge is 0.322 e. The Balaban J connectivity index is 2.52. The van der Waals surface area contributed by atoms with Gasteiger partial charge in [-0.1, -0.05) is 0 Å². The Hall–Kier alpha value is -2.44. The number of urea groups is 1. The summed E-state index contributed by atoms with van der Waals surface area (Å²) in [6.07, 6.45) is 0. The summed E-state index contributed by atoms with van der Waals surface area (Å²) >= 11 is 0. The van der Waals surface area contributed by atoms with Crippen LogP contribution >= 0.6 is 0 Å². The maximum absolute atomic E-state index is 11.7. The molecule has 0 aliphatic carbocycles. The number of methoxy groups -OCH3 is 3. The van der Waals surface area contributed by atoms with Gasteiger partial charge in [-0.25, -0.2) is 4.79 Å². The summed E-state index contributed by atoms with van der Waals surface area (Å²) in [5.41, 5.74) is 0.503. The molecule has 1 aromatic carbocycles. The maximum atomic E-state index is 11.7. The summed E-state index contributed by atoms with van der Waals surface area (Å²) < 4.78 is 15.6. The van der Waals surface area contributed by atoms with E-state index in [1.165, 1.54) is 21.3 Å². The number of rotatable bonds is 4. The normalized spacial score (nSPS) is 17.7. The first-order chi connectivity index (χ1) is 9.12. The molecule has 1 fully saturated rings. The molecule has 7 nitrogen and oxygen atoms in total. The molecule has 2 rings (SSSR count). The number of hydrogen-bond donors (Lipinski definition) is 2. The second-order valence-electron chi connectivity index (χ2n) is 3.82. The van der Waals surface area contributed by atoms with E-state index in [9.17, 15) is 9.59 Å². The Labute approximate surface area is 109 Å². The molecule has 1 aliphatic rings. The van der Waals surface area contributed by atoms with Crippen LogP contribution in [-0.4, -0.2) is 33.3 Å². The highest BCUT2D eigenvalue weighted by molar-refractivity contribution is 6.05. The molecule has 1 heterocycles. The molecule has 1 saturated heterocycles. The minimum Gasteiger partial charge on any atom is -0.493 e. The van der Waals surface area contributed by atoms with E-state index in [1.54, 1.807) is 12.1 Å². The Kier molecular flexibility index (Phi) is 3.46. The van der Waals surface area contributed by atoms with E-state index in [2.05, 4.69) is 10.6 Å². The minimum atomic E-state index is -0.803. The van der Waals surface area contributed by atoms with E-state index in [-0.39, 0.29) is 0 Å². The third kappa shape index (κ3) is 2.14. The molecule has 102 valence electrons. The molecular formula is C12H14N2O5. The lowest BCUT2D eigenvalue weighted by Crippen LogP contribution is -2.22. The first-order valence-corrected chi connectivity index (χ1v) is 5.52. The zero-order chi connectivity index (χ0) is 14.0. The van der Waals surface area contributed by atoms with Gasteiger partial charge in [0.1, 0.15) is 6.04 Å². The van der Waals surface area contributed by atoms with Crippen molar-refractivity contribution < 1.29 is 23.8 Å². The third-order valence-electron chi connectivity index (χ3n) is 2.82. The first kappa shape index (κ1) is 13.0. The Morgan fingerprint density at radius 1 is 1.00 bits per heavy atom. The monoisotopic (exact) mass is 266 g/mol. The van der Waals surface area contributed by atoms with E-state index in [0.717, 1.165) is 0 Å². The van der Waals surface area contributed by atoms with Crippen molar-refractivity contribution >= 4 is 11.9 Å². The van der Waals surface area contributed by atoms with Crippen molar-refractivity contribution in [2.75, 3.05) is 21.3 Å². The predicted molar refractivity (Wildman–Crippen MR) is 65.5 cm³/mol. The Morgan fingerprint density at radius 2 is 1.68 bits per heavy atom. The van der Waals surface area contributed by atoms with Crippen LogP contribution < -0.4 is 24.8 Å². The largest absolute Gasteiger partial charge is 0.493 e. The van der Waals surface area contributed by atoms with Crippen LogP contribution in [0.4, 0.5) is 4.79 Å². The Morgan fingerprint density at radius 3 is 2.16 bits per heavy atom. The summed E-state index contributed by atoms with van der Waals surface area (Å²) in [4.78, 5) is 22.9. The van der Waals surface area contributed by atoms with Crippen molar-refractivity contribution in [3.05, 3.63) is 17.7 Å². The number of imide groups is 1. The molecule has 3 amide bonds. The van der Waals surface area contributed by atoms with Gasteiger partial charge in [-0.3, -0.25) is 10.1 Å². The number of carbonyl (C=O) groups is 2. The lowest BCUT2D eigenvalue weighted by Gasteiger charge is -2.17. The third-order valence-corrected chi connectivity index (χ3v) is 2.82. The van der Waals surface area contributed by atoms with Gasteiger partial charge in [0.25, 0.3) is 5.91 Å². The molecule has 2 N–H and O–H groups in total. The Bertz CT molecular complexity index is 529. The number of carbonyl (C=O) groups excluding carboxylic acids is 2. The highest BCUT2D eigenvalue weighted by Gasteiger charge is 2.34. The van der Waals surface area contributed by atoms with Gasteiger partial charge in [-0.15, -0.1) is 0 Å². The van der Waals surface area contributed by atoms with Gasteiger partial charge in [-0.2, -0.15) is 0 Å². The zero-order valence-electron chi connectivity index (χ0n) is 10.8. The SMILES string of the molecule is COc1ccc(C2NC(=O)NC2=O)c(OC)c1OC. The van der Waals surface area contributed by atoms with Crippen LogP contribution in [0.5, 0.6) is 17.2 Å². The molecule has 1 aromatic rings. The molecular weight excluding hydrogens is 252 g/mol. The number of amides is 3. The summed E-state index contributed by atoms with van der Waals surface area (Å²) in [5, 5.41) is 4.67. The fraction of sp³-hybridized carbons (Fsp3) is 0.333. The van der Waals surface area contributed by atoms with Crippen molar-refractivity contribution in [1.29, 1.82) is 0 Å². The van der Waals surface area contributed by atoms with E-state index in [1.807, 2.05) is 0 Å². The fourth-order valence-electron chi connectivity index (χ4n) is 1.99. The second-order valence-corrected chi connectivity index (χ2v) is 3.82. The lowest BCUT2D eigenvalue weighted by molar-refractivity contribution is -0.120. The highest BCUT2D eigenvalue weighted by Crippen LogP contribution is 2.42. The molecule has 19 heavy (non-hydrogen) atoms. The highest BCUT2D eigenvalue weighted by atomic mass is 16.5. The minimum absolute atomic E-state index is 0.351. The van der Waals surface area contributed by atoms with Gasteiger partial charge < -0.3 is 19.5 Å². The predicted octanol–water partition coefficient (Wildman–Crippen LogP) is 0.593. The van der Waals surface area contributed by atoms with Gasteiger partial charge >= 0.3 is 6.03 Å². The van der Waals surface area contributed by atoms with Gasteiger partial charge in [0, 0.05) is 5.56 Å². The van der Waals surface area contributed by atoms with Gasteiger partial charge in [0.2, 0.25) is 5.75 Å². The zero-order valence-corrected chi connectivity index (χ0v) is 10.8. The quantitative estimate of drug-likeness (QED) is 0.779. The lowest BCUT2D eigenvalue weighted by atomic mass is 10.0. The van der Waals surface area contributed by atoms with Crippen LogP contribution in [0.25, 0.3) is 0 Å². The number of benzene rings is 1. The van der Waals surface area contributed by atoms with Crippen LogP contribution in [0.15, 0.2) is 12.1 Å². The van der Waals surface area contributed by atoms with Crippen LogP contribution in [0.1, 0.15) is 11.6 Å². The van der Waals surface area contributed by atoms with Gasteiger partial charge in [0.05, 0.1) is 21.3 Å². The van der Waals surface area contributed by atoms with Crippen molar-refractivity contribution in [2.24, 2.45) is 0 Å². The first-order valence-electron chi connectivity index (χ1n) is 5.52. The number of ether oxygens (including phenoxy) is 3. The standard InChI is InChI=1S/C12H14N2O5/c1-17-7-5-4-6(9(18-2)10(7)19-3)8-11(15)14-12(16)13-8/h4-5,8H,1-3H3,(H2,13,14,15,16). The molecule has 0 radical (unpaired) electrons. The van der Waals surface area contributed by atoms with Gasteiger partial charge in [-0.05, 0) is 12.1 Å². The summed E-state index contributed by atoms with van der Waals surface area (Å²) in [5.74, 6) is 0.768. The van der Waals surface area contributed by atoms with Crippen molar-refractivity contribution in [3.63, 3.8) is 0 Å². The number of hydrogen-bond acceptors (Lipinski definition) is 5. The molecule has 1 atom stereocenters. The van der Waals surface area contributed by atoms with Crippen LogP contribution in [0, 0.1) is 0 Å². The van der Waals surface area contributed by atoms with Crippen LogP contribution in [-0.2, 0) is 4.79 Å². The van der Waals surface area contributed by atoms with Crippen LogP contribution in [0.2, 0.25) is 0 Å². The molecule has 0 aromatic heterocycles. The van der Waals surface area contributed by atoms with E-state index in [4.69, 9.17) is 14.2 Å². The van der Waals surface area contributed by atoms with E-state index < -0.39 is 18.0 Å². The van der Waals surface area contributed by atoms with E-state index >= 15 is 0 Å². The van der Waals surface area contributed by atoms with Crippen molar-refractivity contribution in [3.8, 4) is 17.2 Å². The summed E-state index contributed by atoms with van der Waals surface area (Å²) in [7, 11) is 4.42. The average Bonchev–Trinajstić information content (AvgIpc) is 2.75. The molecule has 0 saturated carbocycles. The molecule has 7 heteroatoms.